The second kappa shape index (κ2) is 7.01. The molecule has 1 aromatic carbocycles. The van der Waals surface area contributed by atoms with Gasteiger partial charge in [0.2, 0.25) is 5.88 Å². The second-order valence-corrected chi connectivity index (χ2v) is 5.93. The van der Waals surface area contributed by atoms with Crippen LogP contribution in [0.15, 0.2) is 24.5 Å². The van der Waals surface area contributed by atoms with Gasteiger partial charge in [-0.15, -0.1) is 0 Å². The van der Waals surface area contributed by atoms with Crippen LogP contribution in [0.1, 0.15) is 0 Å². The van der Waals surface area contributed by atoms with Crippen LogP contribution >= 0.6 is 0 Å². The molecule has 0 aliphatic carbocycles. The lowest BCUT2D eigenvalue weighted by atomic mass is 10.1. The number of halogens is 3. The minimum atomic E-state index is -4.58. The Morgan fingerprint density at radius 3 is 2.56 bits per heavy atom. The Labute approximate surface area is 142 Å². The summed E-state index contributed by atoms with van der Waals surface area (Å²) in [6.07, 6.45) is -5.45. The van der Waals surface area contributed by atoms with Gasteiger partial charge in [-0.1, -0.05) is 0 Å². The summed E-state index contributed by atoms with van der Waals surface area (Å²) in [4.78, 5) is 12.0. The smallest absolute Gasteiger partial charge is 0.415 e. The van der Waals surface area contributed by atoms with Gasteiger partial charge >= 0.3 is 6.18 Å². The summed E-state index contributed by atoms with van der Waals surface area (Å²) in [6, 6.07) is 5.72. The molecule has 0 radical (unpaired) electrons. The van der Waals surface area contributed by atoms with Crippen LogP contribution in [0.2, 0.25) is 0 Å². The van der Waals surface area contributed by atoms with E-state index in [-0.39, 0.29) is 0 Å². The third-order valence-corrected chi connectivity index (χ3v) is 4.32. The number of aliphatic hydroxyl groups excluding tert-OH is 1. The van der Waals surface area contributed by atoms with Gasteiger partial charge in [-0.05, 0) is 18.2 Å². The zero-order valence-corrected chi connectivity index (χ0v) is 13.7. The Bertz CT molecular complexity index is 733. The highest BCUT2D eigenvalue weighted by Crippen LogP contribution is 2.27. The maximum Gasteiger partial charge on any atom is 0.415 e. The number of methoxy groups -OCH3 is 1. The molecule has 2 aromatic rings. The summed E-state index contributed by atoms with van der Waals surface area (Å²) >= 11 is 0. The molecule has 1 saturated heterocycles. The van der Waals surface area contributed by atoms with Crippen molar-refractivity contribution in [2.24, 2.45) is 0 Å². The number of alkyl halides is 3. The lowest BCUT2D eigenvalue weighted by Crippen LogP contribution is -2.50. The summed E-state index contributed by atoms with van der Waals surface area (Å²) in [5.74, 6) is 0.485. The molecule has 0 spiro atoms. The van der Waals surface area contributed by atoms with Gasteiger partial charge in [-0.3, -0.25) is 4.90 Å². The average molecular weight is 356 g/mol. The summed E-state index contributed by atoms with van der Waals surface area (Å²) in [5, 5.41) is 9.98. The van der Waals surface area contributed by atoms with Gasteiger partial charge < -0.3 is 14.7 Å². The Hall–Kier alpha value is -2.13. The van der Waals surface area contributed by atoms with E-state index in [1.165, 1.54) is 6.33 Å². The minimum absolute atomic E-state index is 0.392. The van der Waals surface area contributed by atoms with Crippen molar-refractivity contribution >= 4 is 16.6 Å². The van der Waals surface area contributed by atoms with E-state index in [9.17, 15) is 18.3 Å². The van der Waals surface area contributed by atoms with Crippen LogP contribution in [0.4, 0.5) is 18.9 Å². The number of hydrogen-bond acceptors (Lipinski definition) is 6. The average Bonchev–Trinajstić information content (AvgIpc) is 2.60. The van der Waals surface area contributed by atoms with Crippen molar-refractivity contribution in [3.63, 3.8) is 0 Å². The molecular weight excluding hydrogens is 337 g/mol. The SMILES string of the molecule is COc1ncnc2ccc(N3CCN(CC(O)C(F)(F)F)CC3)cc12. The molecule has 136 valence electrons. The topological polar surface area (TPSA) is 61.7 Å². The summed E-state index contributed by atoms with van der Waals surface area (Å²) in [5.41, 5.74) is 1.71. The third-order valence-electron chi connectivity index (χ3n) is 4.32. The molecule has 2 heterocycles. The number of nitrogens with zero attached hydrogens (tertiary/aromatic N) is 4. The highest BCUT2D eigenvalue weighted by molar-refractivity contribution is 5.86. The maximum atomic E-state index is 12.5. The van der Waals surface area contributed by atoms with Crippen LogP contribution in [-0.2, 0) is 0 Å². The van der Waals surface area contributed by atoms with E-state index in [1.807, 2.05) is 18.2 Å². The van der Waals surface area contributed by atoms with E-state index < -0.39 is 18.8 Å². The molecule has 1 atom stereocenters. The van der Waals surface area contributed by atoms with Crippen molar-refractivity contribution in [2.45, 2.75) is 12.3 Å². The minimum Gasteiger partial charge on any atom is -0.480 e. The first kappa shape index (κ1) is 17.7. The van der Waals surface area contributed by atoms with E-state index >= 15 is 0 Å². The van der Waals surface area contributed by atoms with Gasteiger partial charge in [0, 0.05) is 38.4 Å². The zero-order valence-electron chi connectivity index (χ0n) is 13.7. The van der Waals surface area contributed by atoms with E-state index in [4.69, 9.17) is 4.74 Å². The molecule has 9 heteroatoms. The Morgan fingerprint density at radius 2 is 1.92 bits per heavy atom. The van der Waals surface area contributed by atoms with E-state index in [0.717, 1.165) is 16.6 Å². The Balaban J connectivity index is 1.68. The van der Waals surface area contributed by atoms with Crippen molar-refractivity contribution in [1.29, 1.82) is 0 Å². The predicted octanol–water partition coefficient (Wildman–Crippen LogP) is 1.68. The number of β-amino-alcohol motifs (C(OH)–C–C–N with tert-alkyl or cyclic N) is 1. The molecular formula is C16H19F3N4O2. The molecule has 1 N–H and O–H groups in total. The molecule has 0 amide bonds. The van der Waals surface area contributed by atoms with Gasteiger partial charge in [0.05, 0.1) is 18.0 Å². The lowest BCUT2D eigenvalue weighted by Gasteiger charge is -2.37. The number of fused-ring (bicyclic) bond motifs is 1. The first-order valence-electron chi connectivity index (χ1n) is 7.89. The Morgan fingerprint density at radius 1 is 1.20 bits per heavy atom. The predicted molar refractivity (Wildman–Crippen MR) is 86.8 cm³/mol. The van der Waals surface area contributed by atoms with Crippen LogP contribution in [0, 0.1) is 0 Å². The van der Waals surface area contributed by atoms with Crippen LogP contribution in [-0.4, -0.2) is 72.1 Å². The van der Waals surface area contributed by atoms with Gasteiger partial charge in [0.15, 0.2) is 6.10 Å². The molecule has 1 fully saturated rings. The zero-order chi connectivity index (χ0) is 18.0. The monoisotopic (exact) mass is 356 g/mol. The number of anilines is 1. The van der Waals surface area contributed by atoms with Crippen molar-refractivity contribution < 1.29 is 23.0 Å². The first-order valence-corrected chi connectivity index (χ1v) is 7.89. The number of aliphatic hydroxyl groups is 1. The first-order chi connectivity index (χ1) is 11.9. The number of rotatable bonds is 4. The Kier molecular flexibility index (Phi) is 4.96. The molecule has 1 aromatic heterocycles. The standard InChI is InChI=1S/C16H19F3N4O2/c1-25-15-12-8-11(2-3-13(12)20-10-21-15)23-6-4-22(5-7-23)9-14(24)16(17,18)19/h2-3,8,10,14,24H,4-7,9H2,1H3. The van der Waals surface area contributed by atoms with Crippen LogP contribution in [0.25, 0.3) is 10.9 Å². The molecule has 25 heavy (non-hydrogen) atoms. The highest BCUT2D eigenvalue weighted by Gasteiger charge is 2.39. The molecule has 1 aliphatic rings. The van der Waals surface area contributed by atoms with Gasteiger partial charge in [0.1, 0.15) is 6.33 Å². The van der Waals surface area contributed by atoms with Crippen molar-refractivity contribution in [3.05, 3.63) is 24.5 Å². The fourth-order valence-corrected chi connectivity index (χ4v) is 2.92. The highest BCUT2D eigenvalue weighted by atomic mass is 19.4. The molecule has 1 unspecified atom stereocenters. The van der Waals surface area contributed by atoms with Crippen molar-refractivity contribution in [3.8, 4) is 5.88 Å². The fourth-order valence-electron chi connectivity index (χ4n) is 2.92. The lowest BCUT2D eigenvalue weighted by molar-refractivity contribution is -0.208. The molecule has 0 bridgehead atoms. The summed E-state index contributed by atoms with van der Waals surface area (Å²) < 4.78 is 42.6. The number of ether oxygens (including phenoxy) is 1. The fraction of sp³-hybridized carbons (Fsp3) is 0.500. The normalized spacial score (nSPS) is 17.7. The van der Waals surface area contributed by atoms with Crippen LogP contribution < -0.4 is 9.64 Å². The summed E-state index contributed by atoms with van der Waals surface area (Å²) in [6.45, 7) is 1.66. The number of aromatic nitrogens is 2. The van der Waals surface area contributed by atoms with Crippen molar-refractivity contribution in [2.75, 3.05) is 44.7 Å². The number of hydrogen-bond donors (Lipinski definition) is 1. The van der Waals surface area contributed by atoms with Crippen LogP contribution in [0.5, 0.6) is 5.88 Å². The van der Waals surface area contributed by atoms with Gasteiger partial charge in [0.25, 0.3) is 0 Å². The van der Waals surface area contributed by atoms with E-state index in [1.54, 1.807) is 12.0 Å². The molecule has 1 aliphatic heterocycles. The van der Waals surface area contributed by atoms with Crippen molar-refractivity contribution in [1.82, 2.24) is 14.9 Å². The van der Waals surface area contributed by atoms with Crippen LogP contribution in [0.3, 0.4) is 0 Å². The largest absolute Gasteiger partial charge is 0.480 e. The van der Waals surface area contributed by atoms with E-state index in [0.29, 0.717) is 32.1 Å². The number of benzene rings is 1. The number of piperazine rings is 1. The molecule has 0 saturated carbocycles. The third kappa shape index (κ3) is 3.93. The molecule has 3 rings (SSSR count). The molecule has 6 nitrogen and oxygen atoms in total. The van der Waals surface area contributed by atoms with Gasteiger partial charge in [-0.25, -0.2) is 9.97 Å². The van der Waals surface area contributed by atoms with E-state index in [2.05, 4.69) is 14.9 Å². The maximum absolute atomic E-state index is 12.5. The van der Waals surface area contributed by atoms with Gasteiger partial charge in [-0.2, -0.15) is 13.2 Å². The quantitative estimate of drug-likeness (QED) is 0.900. The second-order valence-electron chi connectivity index (χ2n) is 5.93. The summed E-state index contributed by atoms with van der Waals surface area (Å²) in [7, 11) is 1.54.